The molecule has 0 unspecified atom stereocenters. The van der Waals surface area contributed by atoms with Gasteiger partial charge in [-0.05, 0) is 63.7 Å². The van der Waals surface area contributed by atoms with Crippen molar-refractivity contribution in [3.8, 4) is 39.6 Å². The molecule has 0 radical (unpaired) electrons. The van der Waals surface area contributed by atoms with Crippen molar-refractivity contribution in [2.24, 2.45) is 0 Å². The van der Waals surface area contributed by atoms with Gasteiger partial charge < -0.3 is 0 Å². The highest BCUT2D eigenvalue weighted by molar-refractivity contribution is 7.26. The van der Waals surface area contributed by atoms with Crippen molar-refractivity contribution in [3.63, 3.8) is 0 Å². The Morgan fingerprint density at radius 3 is 2.28 bits per heavy atom. The molecule has 222 valence electrons. The predicted molar refractivity (Wildman–Crippen MR) is 195 cm³/mol. The van der Waals surface area contributed by atoms with Crippen LogP contribution in [0.3, 0.4) is 0 Å². The van der Waals surface area contributed by atoms with E-state index in [2.05, 4.69) is 151 Å². The van der Waals surface area contributed by atoms with Gasteiger partial charge in [-0.1, -0.05) is 111 Å². The minimum Gasteiger partial charge on any atom is -0.278 e. The van der Waals surface area contributed by atoms with Gasteiger partial charge in [0.05, 0.1) is 11.0 Å². The van der Waals surface area contributed by atoms with Crippen LogP contribution in [0.5, 0.6) is 0 Å². The van der Waals surface area contributed by atoms with Crippen LogP contribution < -0.4 is 0 Å². The van der Waals surface area contributed by atoms with Crippen molar-refractivity contribution in [2.75, 3.05) is 0 Å². The van der Waals surface area contributed by atoms with Gasteiger partial charge in [-0.3, -0.25) is 4.57 Å². The SMILES string of the molecule is CC1(C)c2ccccc2-c2ccc(-c3cccc(-c4ncnc(-n5c6ccccc6c6c7sc8ccccc8c7ccc65)n4)c3)cc21. The zero-order valence-electron chi connectivity index (χ0n) is 25.9. The second-order valence-corrected chi connectivity index (χ2v) is 14.0. The number of nitrogens with zero attached hydrogens (tertiary/aromatic N) is 4. The van der Waals surface area contributed by atoms with Gasteiger partial charge in [-0.25, -0.2) is 9.97 Å². The van der Waals surface area contributed by atoms with E-state index < -0.39 is 0 Å². The molecule has 4 nitrogen and oxygen atoms in total. The van der Waals surface area contributed by atoms with Crippen LogP contribution in [-0.2, 0) is 5.41 Å². The topological polar surface area (TPSA) is 43.6 Å². The molecule has 3 heterocycles. The number of aromatic nitrogens is 4. The maximum Gasteiger partial charge on any atom is 0.238 e. The Morgan fingerprint density at radius 2 is 1.34 bits per heavy atom. The molecule has 0 fully saturated rings. The molecule has 6 aromatic carbocycles. The quantitative estimate of drug-likeness (QED) is 0.197. The van der Waals surface area contributed by atoms with Crippen molar-refractivity contribution in [3.05, 3.63) is 145 Å². The number of para-hydroxylation sites is 1. The van der Waals surface area contributed by atoms with Crippen LogP contribution in [0.2, 0.25) is 0 Å². The van der Waals surface area contributed by atoms with Gasteiger partial charge in [0.1, 0.15) is 6.33 Å². The molecule has 0 N–H and O–H groups in total. The van der Waals surface area contributed by atoms with Crippen LogP contribution in [-0.4, -0.2) is 19.5 Å². The number of hydrogen-bond acceptors (Lipinski definition) is 4. The van der Waals surface area contributed by atoms with E-state index in [0.717, 1.165) is 22.2 Å². The molecule has 0 atom stereocenters. The van der Waals surface area contributed by atoms with Crippen LogP contribution in [0.15, 0.2) is 134 Å². The summed E-state index contributed by atoms with van der Waals surface area (Å²) in [6, 6.07) is 45.9. The summed E-state index contributed by atoms with van der Waals surface area (Å²) < 4.78 is 4.77. The van der Waals surface area contributed by atoms with Crippen LogP contribution in [0, 0.1) is 0 Å². The Labute approximate surface area is 275 Å². The van der Waals surface area contributed by atoms with E-state index in [1.165, 1.54) is 58.8 Å². The van der Waals surface area contributed by atoms with E-state index >= 15 is 0 Å². The van der Waals surface area contributed by atoms with E-state index in [4.69, 9.17) is 9.97 Å². The molecule has 9 aromatic rings. The first kappa shape index (κ1) is 26.6. The molecular weight excluding hydrogens is 593 g/mol. The number of fused-ring (bicyclic) bond motifs is 10. The molecule has 3 aromatic heterocycles. The summed E-state index contributed by atoms with van der Waals surface area (Å²) in [5.41, 5.74) is 10.8. The molecular formula is C42H28N4S. The molecule has 0 spiro atoms. The largest absolute Gasteiger partial charge is 0.278 e. The molecule has 10 rings (SSSR count). The second kappa shape index (κ2) is 9.68. The van der Waals surface area contributed by atoms with Crippen molar-refractivity contribution in [2.45, 2.75) is 19.3 Å². The predicted octanol–water partition coefficient (Wildman–Crippen LogP) is 11.0. The third kappa shape index (κ3) is 3.78. The maximum absolute atomic E-state index is 5.10. The molecule has 5 heteroatoms. The summed E-state index contributed by atoms with van der Waals surface area (Å²) in [6.07, 6.45) is 1.64. The molecule has 0 saturated carbocycles. The Hall–Kier alpha value is -5.65. The van der Waals surface area contributed by atoms with Crippen molar-refractivity contribution >= 4 is 53.3 Å². The van der Waals surface area contributed by atoms with Crippen LogP contribution in [0.4, 0.5) is 0 Å². The van der Waals surface area contributed by atoms with Crippen LogP contribution >= 0.6 is 11.3 Å². The van der Waals surface area contributed by atoms with Gasteiger partial charge in [0.15, 0.2) is 5.82 Å². The van der Waals surface area contributed by atoms with Gasteiger partial charge in [0, 0.05) is 41.9 Å². The normalized spacial score (nSPS) is 13.5. The first-order valence-electron chi connectivity index (χ1n) is 15.9. The number of benzene rings is 6. The lowest BCUT2D eigenvalue weighted by atomic mass is 9.81. The number of rotatable bonds is 3. The standard InChI is InChI=1S/C42H28N4S/c1-42(2)33-15-6-3-12-28(33)29-19-18-26(23-34(29)42)25-10-9-11-27(22-25)40-43-24-44-41(45-40)46-35-16-7-4-14-32(35)38-36(46)21-20-31-30-13-5-8-17-37(30)47-39(31)38/h3-24H,1-2H3. The van der Waals surface area contributed by atoms with E-state index in [1.807, 2.05) is 11.3 Å². The minimum absolute atomic E-state index is 0.0492. The van der Waals surface area contributed by atoms with Crippen molar-refractivity contribution < 1.29 is 0 Å². The highest BCUT2D eigenvalue weighted by Gasteiger charge is 2.35. The lowest BCUT2D eigenvalue weighted by Gasteiger charge is -2.22. The van der Waals surface area contributed by atoms with Gasteiger partial charge in [0.25, 0.3) is 0 Å². The molecule has 1 aliphatic carbocycles. The Morgan fingerprint density at radius 1 is 0.574 bits per heavy atom. The lowest BCUT2D eigenvalue weighted by molar-refractivity contribution is 0.660. The van der Waals surface area contributed by atoms with Gasteiger partial charge >= 0.3 is 0 Å². The highest BCUT2D eigenvalue weighted by Crippen LogP contribution is 2.49. The van der Waals surface area contributed by atoms with Crippen molar-refractivity contribution in [1.29, 1.82) is 0 Å². The first-order chi connectivity index (χ1) is 23.1. The van der Waals surface area contributed by atoms with Crippen LogP contribution in [0.1, 0.15) is 25.0 Å². The van der Waals surface area contributed by atoms with Crippen molar-refractivity contribution in [1.82, 2.24) is 19.5 Å². The summed E-state index contributed by atoms with van der Waals surface area (Å²) in [7, 11) is 0. The minimum atomic E-state index is -0.0492. The first-order valence-corrected chi connectivity index (χ1v) is 16.8. The average Bonchev–Trinajstić information content (AvgIpc) is 3.74. The summed E-state index contributed by atoms with van der Waals surface area (Å²) in [4.78, 5) is 14.5. The average molecular weight is 621 g/mol. The monoisotopic (exact) mass is 620 g/mol. The molecule has 0 saturated heterocycles. The molecule has 47 heavy (non-hydrogen) atoms. The fraction of sp³-hybridized carbons (Fsp3) is 0.0714. The van der Waals surface area contributed by atoms with Crippen LogP contribution in [0.25, 0.3) is 81.6 Å². The van der Waals surface area contributed by atoms with E-state index in [1.54, 1.807) is 6.33 Å². The molecule has 1 aliphatic rings. The Kier molecular flexibility index (Phi) is 5.47. The van der Waals surface area contributed by atoms with E-state index in [0.29, 0.717) is 11.8 Å². The van der Waals surface area contributed by atoms with E-state index in [9.17, 15) is 0 Å². The van der Waals surface area contributed by atoms with E-state index in [-0.39, 0.29) is 5.41 Å². The third-order valence-electron chi connectivity index (χ3n) is 9.98. The number of hydrogen-bond donors (Lipinski definition) is 0. The number of thiophene rings is 1. The van der Waals surface area contributed by atoms with Gasteiger partial charge in [-0.15, -0.1) is 11.3 Å². The smallest absolute Gasteiger partial charge is 0.238 e. The van der Waals surface area contributed by atoms with Gasteiger partial charge in [-0.2, -0.15) is 4.98 Å². The van der Waals surface area contributed by atoms with Gasteiger partial charge in [0.2, 0.25) is 5.95 Å². The maximum atomic E-state index is 5.10. The zero-order chi connectivity index (χ0) is 31.3. The summed E-state index contributed by atoms with van der Waals surface area (Å²) in [5, 5.41) is 5.02. The third-order valence-corrected chi connectivity index (χ3v) is 11.2. The fourth-order valence-corrected chi connectivity index (χ4v) is 8.97. The molecule has 0 amide bonds. The molecule has 0 bridgehead atoms. The Bertz CT molecular complexity index is 2730. The Balaban J connectivity index is 1.10. The lowest BCUT2D eigenvalue weighted by Crippen LogP contribution is -2.14. The second-order valence-electron chi connectivity index (χ2n) is 12.9. The highest BCUT2D eigenvalue weighted by atomic mass is 32.1. The molecule has 0 aliphatic heterocycles. The summed E-state index contributed by atoms with van der Waals surface area (Å²) >= 11 is 1.85. The summed E-state index contributed by atoms with van der Waals surface area (Å²) in [5.74, 6) is 1.27. The summed E-state index contributed by atoms with van der Waals surface area (Å²) in [6.45, 7) is 4.65. The zero-order valence-corrected chi connectivity index (χ0v) is 26.7. The fourth-order valence-electron chi connectivity index (χ4n) is 7.71.